The predicted octanol–water partition coefficient (Wildman–Crippen LogP) is 30.4. The zero-order chi connectivity index (χ0) is 76.7. The molecule has 0 heteroatoms. The summed E-state index contributed by atoms with van der Waals surface area (Å²) in [7, 11) is 0. The highest BCUT2D eigenvalue weighted by molar-refractivity contribution is 5.99. The van der Waals surface area contributed by atoms with Gasteiger partial charge in [-0.2, -0.15) is 0 Å². The van der Waals surface area contributed by atoms with Gasteiger partial charge in [0.05, 0.1) is 10.8 Å². The topological polar surface area (TPSA) is 0 Å². The summed E-state index contributed by atoms with van der Waals surface area (Å²) in [6.07, 6.45) is 0. The number of benzene rings is 19. The minimum Gasteiger partial charge on any atom is -0.0622 e. The van der Waals surface area contributed by atoms with E-state index in [1.807, 2.05) is 0 Å². The summed E-state index contributed by atoms with van der Waals surface area (Å²) in [5.74, 6) is 0. The Morgan fingerprint density at radius 1 is 0.0862 bits per heavy atom. The van der Waals surface area contributed by atoms with Gasteiger partial charge >= 0.3 is 0 Å². The largest absolute Gasteiger partial charge is 0.0725 e. The summed E-state index contributed by atoms with van der Waals surface area (Å²) in [6, 6.07) is 170. The van der Waals surface area contributed by atoms with Gasteiger partial charge in [0.15, 0.2) is 0 Å². The van der Waals surface area contributed by atoms with Gasteiger partial charge in [-0.15, -0.1) is 0 Å². The minimum atomic E-state index is -0.379. The van der Waals surface area contributed by atoms with E-state index in [0.717, 1.165) is 0 Å². The zero-order valence-electron chi connectivity index (χ0n) is 63.9. The molecule has 0 aromatic heterocycles. The Labute approximate surface area is 678 Å². The van der Waals surface area contributed by atoms with Crippen LogP contribution < -0.4 is 0 Å². The van der Waals surface area contributed by atoms with Crippen molar-refractivity contribution in [1.82, 2.24) is 0 Å². The van der Waals surface area contributed by atoms with Crippen LogP contribution in [0.15, 0.2) is 461 Å². The van der Waals surface area contributed by atoms with Gasteiger partial charge < -0.3 is 0 Å². The molecule has 0 aliphatic heterocycles. The van der Waals surface area contributed by atoms with E-state index in [1.165, 1.54) is 211 Å². The Balaban J connectivity index is 0.000000141. The Bertz CT molecular complexity index is 6640. The first-order chi connectivity index (χ1) is 57.5. The fraction of sp³-hybridized carbons (Fsp3) is 0.0172. The molecule has 0 N–H and O–H groups in total. The maximum absolute atomic E-state index is 2.49. The van der Waals surface area contributed by atoms with Crippen molar-refractivity contribution in [3.8, 4) is 167 Å². The monoisotopic (exact) mass is 1470 g/mol. The van der Waals surface area contributed by atoms with Gasteiger partial charge in [-0.1, -0.05) is 413 Å². The Hall–Kier alpha value is -14.8. The lowest BCUT2D eigenvalue weighted by molar-refractivity contribution is 0.794. The second-order valence-corrected chi connectivity index (χ2v) is 31.2. The Morgan fingerprint density at radius 3 is 0.440 bits per heavy atom. The molecule has 0 nitrogen and oxygen atoms in total. The molecular weight excluding hydrogens is 1390 g/mol. The molecule has 0 radical (unpaired) electrons. The van der Waals surface area contributed by atoms with Crippen LogP contribution in [0.4, 0.5) is 0 Å². The summed E-state index contributed by atoms with van der Waals surface area (Å²) in [6.45, 7) is 0. The molecule has 0 bridgehead atoms. The second-order valence-electron chi connectivity index (χ2n) is 31.2. The van der Waals surface area contributed by atoms with Crippen LogP contribution in [0.1, 0.15) is 44.5 Å². The number of rotatable bonds is 11. The lowest BCUT2D eigenvalue weighted by Gasteiger charge is -2.30. The maximum Gasteiger partial charge on any atom is 0.0725 e. The molecule has 2 spiro atoms. The molecule has 4 aliphatic carbocycles. The van der Waals surface area contributed by atoms with Gasteiger partial charge in [0.25, 0.3) is 0 Å². The number of hydrogen-bond acceptors (Lipinski definition) is 0. The van der Waals surface area contributed by atoms with E-state index in [4.69, 9.17) is 0 Å². The molecule has 4 aliphatic rings. The molecule has 0 amide bonds. The fourth-order valence-electron chi connectivity index (χ4n) is 19.6. The van der Waals surface area contributed by atoms with Crippen molar-refractivity contribution in [1.29, 1.82) is 0 Å². The lowest BCUT2D eigenvalue weighted by atomic mass is 9.70. The maximum atomic E-state index is 2.49. The van der Waals surface area contributed by atoms with E-state index in [2.05, 4.69) is 461 Å². The first kappa shape index (κ1) is 68.0. The Kier molecular flexibility index (Phi) is 16.5. The summed E-state index contributed by atoms with van der Waals surface area (Å²) < 4.78 is 0. The summed E-state index contributed by atoms with van der Waals surface area (Å²) in [5.41, 5.74) is 47.4. The molecule has 23 rings (SSSR count). The molecular formula is C116H76. The number of hydrogen-bond donors (Lipinski definition) is 0. The van der Waals surface area contributed by atoms with Gasteiger partial charge in [0.2, 0.25) is 0 Å². The van der Waals surface area contributed by atoms with Crippen LogP contribution in [-0.4, -0.2) is 0 Å². The molecule has 540 valence electrons. The fourth-order valence-corrected chi connectivity index (χ4v) is 19.6. The van der Waals surface area contributed by atoms with E-state index in [1.54, 1.807) is 0 Å². The molecule has 19 aromatic rings. The van der Waals surface area contributed by atoms with Crippen LogP contribution >= 0.6 is 0 Å². The van der Waals surface area contributed by atoms with Crippen molar-refractivity contribution in [3.05, 3.63) is 506 Å². The zero-order valence-corrected chi connectivity index (χ0v) is 63.9. The van der Waals surface area contributed by atoms with E-state index in [9.17, 15) is 0 Å². The van der Waals surface area contributed by atoms with Crippen molar-refractivity contribution in [2.24, 2.45) is 0 Å². The highest BCUT2D eigenvalue weighted by Crippen LogP contribution is 2.65. The van der Waals surface area contributed by atoms with Gasteiger partial charge in [0.1, 0.15) is 0 Å². The molecule has 0 atom stereocenters. The van der Waals surface area contributed by atoms with Crippen molar-refractivity contribution in [2.75, 3.05) is 0 Å². The van der Waals surface area contributed by atoms with E-state index in [-0.39, 0.29) is 10.8 Å². The Morgan fingerprint density at radius 2 is 0.224 bits per heavy atom. The summed E-state index contributed by atoms with van der Waals surface area (Å²) >= 11 is 0. The predicted molar refractivity (Wildman–Crippen MR) is 485 cm³/mol. The van der Waals surface area contributed by atoms with Crippen LogP contribution in [0.25, 0.3) is 167 Å². The highest BCUT2D eigenvalue weighted by atomic mass is 14.5. The van der Waals surface area contributed by atoms with Crippen LogP contribution in [0.2, 0.25) is 0 Å². The van der Waals surface area contributed by atoms with Gasteiger partial charge in [-0.05, 0) is 260 Å². The van der Waals surface area contributed by atoms with E-state index < -0.39 is 0 Å². The molecule has 0 saturated carbocycles. The van der Waals surface area contributed by atoms with Crippen LogP contribution in [-0.2, 0) is 10.8 Å². The third kappa shape index (κ3) is 11.3. The van der Waals surface area contributed by atoms with E-state index in [0.29, 0.717) is 0 Å². The van der Waals surface area contributed by atoms with Crippen molar-refractivity contribution < 1.29 is 0 Å². The molecule has 19 aromatic carbocycles. The van der Waals surface area contributed by atoms with Crippen LogP contribution in [0, 0.1) is 0 Å². The first-order valence-electron chi connectivity index (χ1n) is 40.4. The molecule has 0 unspecified atom stereocenters. The standard InChI is InChI=1S/C61H40.C55H36/c1-3-13-41(14-4-1)43-23-29-46(30-24-43)50-37-51(47-31-25-44(26-32-47)42-15-5-2-6-16-42)39-52(38-50)48-33-27-45(28-34-48)49-35-36-56-55-19-9-12-22-59(55)61(60(56)40-49)57-20-10-7-17-53(57)54-18-8-11-21-58(54)61;1-3-13-37(14-4-1)39-23-27-41(28-24-39)44-33-45(42-29-25-40(26-30-42)38-15-5-2-6-16-38)35-46(34-44)43-31-32-50-49-19-9-12-22-53(49)55(54(50)36-43)51-20-10-7-17-47(51)48-18-8-11-21-52(48)55/h1-40H;1-36H. The third-order valence-corrected chi connectivity index (χ3v) is 25.0. The third-order valence-electron chi connectivity index (χ3n) is 25.0. The minimum absolute atomic E-state index is 0.357. The molecule has 0 fully saturated rings. The highest BCUT2D eigenvalue weighted by Gasteiger charge is 2.53. The van der Waals surface area contributed by atoms with Crippen molar-refractivity contribution >= 4 is 0 Å². The average molecular weight is 1470 g/mol. The lowest BCUT2D eigenvalue weighted by Crippen LogP contribution is -2.25. The van der Waals surface area contributed by atoms with Crippen molar-refractivity contribution in [3.63, 3.8) is 0 Å². The van der Waals surface area contributed by atoms with Gasteiger partial charge in [-0.25, -0.2) is 0 Å². The van der Waals surface area contributed by atoms with Crippen LogP contribution in [0.5, 0.6) is 0 Å². The normalized spacial score (nSPS) is 12.8. The second kappa shape index (κ2) is 28.1. The summed E-state index contributed by atoms with van der Waals surface area (Å²) in [5, 5.41) is 0. The van der Waals surface area contributed by atoms with Crippen molar-refractivity contribution in [2.45, 2.75) is 10.8 Å². The molecule has 0 saturated heterocycles. The quantitative estimate of drug-likeness (QED) is 0.121. The first-order valence-corrected chi connectivity index (χ1v) is 40.4. The van der Waals surface area contributed by atoms with Gasteiger partial charge in [0, 0.05) is 0 Å². The smallest absolute Gasteiger partial charge is 0.0622 e. The van der Waals surface area contributed by atoms with Gasteiger partial charge in [-0.3, -0.25) is 0 Å². The number of fused-ring (bicyclic) bond motifs is 20. The van der Waals surface area contributed by atoms with Crippen LogP contribution in [0.3, 0.4) is 0 Å². The summed E-state index contributed by atoms with van der Waals surface area (Å²) in [4.78, 5) is 0. The molecule has 116 heavy (non-hydrogen) atoms. The molecule has 0 heterocycles. The SMILES string of the molecule is c1ccc(-c2ccc(-c3cc(-c4ccc(-c5ccccc5)cc4)cc(-c4ccc(-c5ccc6c(c5)C5(c7ccccc7-c7ccccc75)c5ccccc5-6)cc4)c3)cc2)cc1.c1ccc(-c2ccc(-c3cc(-c4ccc(-c5ccccc5)cc4)cc(-c4ccc5c(c4)C4(c6ccccc6-c6ccccc64)c4ccccc4-5)c3)cc2)cc1. The average Bonchev–Trinajstić information content (AvgIpc) is 1.52. The van der Waals surface area contributed by atoms with E-state index >= 15 is 0 Å².